The van der Waals surface area contributed by atoms with Crippen LogP contribution in [0, 0.1) is 5.92 Å². The van der Waals surface area contributed by atoms with Crippen molar-refractivity contribution in [1.82, 2.24) is 15.3 Å². The van der Waals surface area contributed by atoms with Crippen molar-refractivity contribution < 1.29 is 23.9 Å². The lowest BCUT2D eigenvalue weighted by atomic mass is 9.91. The number of fused-ring (bicyclic) bond motifs is 1. The van der Waals surface area contributed by atoms with Gasteiger partial charge >= 0.3 is 11.9 Å². The molecule has 1 unspecified atom stereocenters. The molecule has 5 N–H and O–H groups in total. The largest absolute Gasteiger partial charge is 0.466 e. The zero-order chi connectivity index (χ0) is 26.1. The summed E-state index contributed by atoms with van der Waals surface area (Å²) in [6.07, 6.45) is 2.32. The van der Waals surface area contributed by atoms with Crippen LogP contribution in [0.15, 0.2) is 29.1 Å². The van der Waals surface area contributed by atoms with Crippen LogP contribution in [0.4, 0.5) is 11.8 Å². The molecular formula is C25H33N5O6. The molecule has 2 aromatic rings. The summed E-state index contributed by atoms with van der Waals surface area (Å²) in [4.78, 5) is 55.5. The number of amides is 1. The lowest BCUT2D eigenvalue weighted by Gasteiger charge is -2.24. The van der Waals surface area contributed by atoms with Gasteiger partial charge in [-0.15, -0.1) is 0 Å². The molecule has 1 aromatic carbocycles. The molecule has 0 aliphatic carbocycles. The van der Waals surface area contributed by atoms with Crippen molar-refractivity contribution in [2.75, 3.05) is 30.8 Å². The molecule has 0 saturated heterocycles. The van der Waals surface area contributed by atoms with Gasteiger partial charge in [-0.2, -0.15) is 4.98 Å². The second kappa shape index (κ2) is 12.7. The van der Waals surface area contributed by atoms with Gasteiger partial charge in [-0.3, -0.25) is 19.4 Å². The quantitative estimate of drug-likeness (QED) is 0.336. The summed E-state index contributed by atoms with van der Waals surface area (Å²) in [6, 6.07) is 6.18. The Morgan fingerprint density at radius 1 is 1.17 bits per heavy atom. The number of carbonyl (C=O) groups is 3. The summed E-state index contributed by atoms with van der Waals surface area (Å²) in [6.45, 7) is 4.49. The molecule has 0 spiro atoms. The first-order valence-electron chi connectivity index (χ1n) is 12.1. The van der Waals surface area contributed by atoms with Crippen molar-refractivity contribution in [2.45, 2.75) is 52.0 Å². The van der Waals surface area contributed by atoms with E-state index in [0.717, 1.165) is 18.4 Å². The van der Waals surface area contributed by atoms with E-state index in [-0.39, 0.29) is 43.5 Å². The van der Waals surface area contributed by atoms with Crippen molar-refractivity contribution in [1.29, 1.82) is 0 Å². The van der Waals surface area contributed by atoms with E-state index in [0.29, 0.717) is 29.9 Å². The van der Waals surface area contributed by atoms with Gasteiger partial charge in [0.05, 0.1) is 18.8 Å². The number of anilines is 2. The number of nitrogens with one attached hydrogen (secondary N) is 3. The minimum absolute atomic E-state index is 0.00759. The van der Waals surface area contributed by atoms with Crippen LogP contribution in [0.3, 0.4) is 0 Å². The average Bonchev–Trinajstić information content (AvgIpc) is 2.85. The Hall–Kier alpha value is -3.89. The number of nitrogens with zero attached hydrogens (tertiary/aromatic N) is 1. The van der Waals surface area contributed by atoms with Gasteiger partial charge in [0.1, 0.15) is 11.9 Å². The Kier molecular flexibility index (Phi) is 9.43. The molecule has 11 heteroatoms. The molecule has 11 nitrogen and oxygen atoms in total. The first kappa shape index (κ1) is 26.7. The minimum Gasteiger partial charge on any atom is -0.466 e. The first-order chi connectivity index (χ1) is 17.3. The highest BCUT2D eigenvalue weighted by atomic mass is 16.5. The molecule has 0 saturated carbocycles. The van der Waals surface area contributed by atoms with E-state index < -0.39 is 23.9 Å². The lowest BCUT2D eigenvalue weighted by Crippen LogP contribution is -2.42. The number of rotatable bonds is 11. The van der Waals surface area contributed by atoms with Crippen LogP contribution in [0.5, 0.6) is 0 Å². The number of aromatic amines is 1. The molecule has 1 aliphatic rings. The fourth-order valence-electron chi connectivity index (χ4n) is 4.08. The third kappa shape index (κ3) is 7.30. The number of benzene rings is 1. The summed E-state index contributed by atoms with van der Waals surface area (Å²) in [7, 11) is 0. The smallest absolute Gasteiger partial charge is 0.328 e. The third-order valence-electron chi connectivity index (χ3n) is 5.96. The fourth-order valence-corrected chi connectivity index (χ4v) is 4.08. The second-order valence-electron chi connectivity index (χ2n) is 8.59. The molecule has 0 radical (unpaired) electrons. The van der Waals surface area contributed by atoms with Crippen molar-refractivity contribution in [3.63, 3.8) is 0 Å². The molecule has 1 amide bonds. The number of hydrogen-bond donors (Lipinski definition) is 4. The van der Waals surface area contributed by atoms with Crippen LogP contribution in [-0.2, 0) is 31.9 Å². The van der Waals surface area contributed by atoms with Gasteiger partial charge < -0.3 is 25.8 Å². The van der Waals surface area contributed by atoms with Gasteiger partial charge in [0.25, 0.3) is 11.5 Å². The number of H-pyrrole nitrogens is 1. The second-order valence-corrected chi connectivity index (χ2v) is 8.59. The summed E-state index contributed by atoms with van der Waals surface area (Å²) in [5.74, 6) is -0.551. The molecule has 2 heterocycles. The van der Waals surface area contributed by atoms with Crippen LogP contribution >= 0.6 is 0 Å². The molecular weight excluding hydrogens is 466 g/mol. The minimum atomic E-state index is -0.948. The number of carbonyl (C=O) groups excluding carboxylic acids is 3. The molecule has 2 atom stereocenters. The normalized spacial score (nSPS) is 15.2. The van der Waals surface area contributed by atoms with Crippen LogP contribution in [0.25, 0.3) is 0 Å². The number of aromatic nitrogens is 2. The molecule has 1 aromatic heterocycles. The molecule has 0 bridgehead atoms. The molecule has 3 rings (SSSR count). The summed E-state index contributed by atoms with van der Waals surface area (Å²) < 4.78 is 9.93. The zero-order valence-corrected chi connectivity index (χ0v) is 20.6. The predicted octanol–water partition coefficient (Wildman–Crippen LogP) is 1.57. The number of nitrogens with two attached hydrogens (primary N) is 1. The Balaban J connectivity index is 1.54. The summed E-state index contributed by atoms with van der Waals surface area (Å²) in [5.41, 5.74) is 7.45. The van der Waals surface area contributed by atoms with Crippen LogP contribution in [-0.4, -0.2) is 53.6 Å². The maximum absolute atomic E-state index is 12.7. The highest BCUT2D eigenvalue weighted by Crippen LogP contribution is 2.23. The maximum Gasteiger partial charge on any atom is 0.328 e. The number of esters is 2. The van der Waals surface area contributed by atoms with Crippen molar-refractivity contribution in [2.24, 2.45) is 5.92 Å². The van der Waals surface area contributed by atoms with Crippen LogP contribution in [0.1, 0.15) is 54.6 Å². The van der Waals surface area contributed by atoms with E-state index in [4.69, 9.17) is 15.2 Å². The Labute approximate surface area is 209 Å². The van der Waals surface area contributed by atoms with Gasteiger partial charge in [0, 0.05) is 18.5 Å². The molecule has 1 aliphatic heterocycles. The van der Waals surface area contributed by atoms with E-state index in [1.807, 2.05) is 12.1 Å². The summed E-state index contributed by atoms with van der Waals surface area (Å²) in [5, 5.41) is 5.84. The highest BCUT2D eigenvalue weighted by molar-refractivity contribution is 5.96. The third-order valence-corrected chi connectivity index (χ3v) is 5.96. The van der Waals surface area contributed by atoms with E-state index in [1.165, 1.54) is 0 Å². The SMILES string of the molecule is CCOC(=O)CC[C@@H](NC(=O)c1ccc(CCC2CNc3nc(N)[nH]c(=O)c3C2)cc1)C(=O)OCC. The summed E-state index contributed by atoms with van der Waals surface area (Å²) >= 11 is 0. The van der Waals surface area contributed by atoms with Crippen molar-refractivity contribution in [3.8, 4) is 0 Å². The van der Waals surface area contributed by atoms with Crippen molar-refractivity contribution in [3.05, 3.63) is 51.3 Å². The molecule has 36 heavy (non-hydrogen) atoms. The topological polar surface area (TPSA) is 165 Å². The molecule has 0 fully saturated rings. The van der Waals surface area contributed by atoms with Gasteiger partial charge in [0.15, 0.2) is 0 Å². The Bertz CT molecular complexity index is 1130. The zero-order valence-electron chi connectivity index (χ0n) is 20.6. The van der Waals surface area contributed by atoms with E-state index >= 15 is 0 Å². The monoisotopic (exact) mass is 499 g/mol. The van der Waals surface area contributed by atoms with Gasteiger partial charge in [-0.25, -0.2) is 4.79 Å². The highest BCUT2D eigenvalue weighted by Gasteiger charge is 2.25. The van der Waals surface area contributed by atoms with E-state index in [9.17, 15) is 19.2 Å². The lowest BCUT2D eigenvalue weighted by molar-refractivity contribution is -0.146. The number of aryl methyl sites for hydroxylation is 1. The number of hydrogen-bond acceptors (Lipinski definition) is 9. The number of ether oxygens (including phenoxy) is 2. The fraction of sp³-hybridized carbons (Fsp3) is 0.480. The predicted molar refractivity (Wildman–Crippen MR) is 133 cm³/mol. The maximum atomic E-state index is 12.7. The standard InChI is InChI=1S/C25H33N5O6/c1-3-35-20(31)12-11-19(24(34)36-4-2)28-22(32)17-9-7-15(8-10-17)5-6-16-13-18-21(27-14-16)29-25(26)30-23(18)33/h7-10,16,19H,3-6,11-14H2,1-2H3,(H,28,32)(H4,26,27,29,30,33)/t16?,19-/m1/s1. The van der Waals surface area contributed by atoms with Crippen LogP contribution < -0.4 is 21.9 Å². The van der Waals surface area contributed by atoms with Crippen molar-refractivity contribution >= 4 is 29.6 Å². The average molecular weight is 500 g/mol. The Morgan fingerprint density at radius 2 is 1.89 bits per heavy atom. The van der Waals surface area contributed by atoms with E-state index in [1.54, 1.807) is 26.0 Å². The number of nitrogen functional groups attached to an aromatic ring is 1. The Morgan fingerprint density at radius 3 is 2.58 bits per heavy atom. The van der Waals surface area contributed by atoms with Gasteiger partial charge in [-0.05, 0) is 63.1 Å². The molecule has 194 valence electrons. The van der Waals surface area contributed by atoms with Gasteiger partial charge in [-0.1, -0.05) is 12.1 Å². The van der Waals surface area contributed by atoms with Crippen LogP contribution in [0.2, 0.25) is 0 Å². The first-order valence-corrected chi connectivity index (χ1v) is 12.1. The van der Waals surface area contributed by atoms with E-state index in [2.05, 4.69) is 20.6 Å². The van der Waals surface area contributed by atoms with Gasteiger partial charge in [0.2, 0.25) is 5.95 Å².